The van der Waals surface area contributed by atoms with Gasteiger partial charge in [-0.15, -0.1) is 0 Å². The molecule has 3 atom stereocenters. The molecule has 0 radical (unpaired) electrons. The molecule has 10 nitrogen and oxygen atoms in total. The second-order valence-electron chi connectivity index (χ2n) is 12.5. The highest BCUT2D eigenvalue weighted by Crippen LogP contribution is 2.63. The molecule has 212 valence electrons. The van der Waals surface area contributed by atoms with Crippen LogP contribution in [0.2, 0.25) is 0 Å². The summed E-state index contributed by atoms with van der Waals surface area (Å²) in [5, 5.41) is 9.41. The molecule has 3 unspecified atom stereocenters. The molecular weight excluding hydrogens is 512 g/mol. The largest absolute Gasteiger partial charge is 0.478 e. The second kappa shape index (κ2) is 9.69. The average Bonchev–Trinajstić information content (AvgIpc) is 3.56. The van der Waals surface area contributed by atoms with Gasteiger partial charge in [-0.1, -0.05) is 19.1 Å². The van der Waals surface area contributed by atoms with Crippen LogP contribution >= 0.6 is 0 Å². The molecule has 1 aromatic carbocycles. The molecule has 5 aliphatic rings. The lowest BCUT2D eigenvalue weighted by Crippen LogP contribution is -2.59. The van der Waals surface area contributed by atoms with E-state index >= 15 is 0 Å². The lowest BCUT2D eigenvalue weighted by atomic mass is 9.47. The van der Waals surface area contributed by atoms with Crippen molar-refractivity contribution in [3.05, 3.63) is 51.6 Å². The van der Waals surface area contributed by atoms with Gasteiger partial charge in [-0.3, -0.25) is 9.78 Å². The molecule has 1 saturated heterocycles. The smallest absolute Gasteiger partial charge is 0.335 e. The Morgan fingerprint density at radius 1 is 1.23 bits per heavy atom. The lowest BCUT2D eigenvalue weighted by Gasteiger charge is -2.61. The number of nitrogens with one attached hydrogen (secondary N) is 1. The first-order valence-electron chi connectivity index (χ1n) is 14.6. The van der Waals surface area contributed by atoms with E-state index in [4.69, 9.17) is 19.2 Å². The molecule has 2 N–H and O–H groups in total. The van der Waals surface area contributed by atoms with E-state index in [1.165, 1.54) is 6.42 Å². The maximum Gasteiger partial charge on any atom is 0.335 e. The number of aryl methyl sites for hydroxylation is 1. The molecule has 3 aromatic rings. The molecule has 0 spiro atoms. The Morgan fingerprint density at radius 3 is 2.77 bits per heavy atom. The van der Waals surface area contributed by atoms with Crippen molar-refractivity contribution in [2.45, 2.75) is 88.6 Å². The lowest BCUT2D eigenvalue weighted by molar-refractivity contribution is -0.179. The Morgan fingerprint density at radius 2 is 2.05 bits per heavy atom. The van der Waals surface area contributed by atoms with Crippen LogP contribution in [0.25, 0.3) is 11.2 Å². The Kier molecular flexibility index (Phi) is 6.23. The van der Waals surface area contributed by atoms with Gasteiger partial charge in [-0.05, 0) is 74.5 Å². The topological polar surface area (TPSA) is 129 Å². The van der Waals surface area contributed by atoms with Gasteiger partial charge in [-0.25, -0.2) is 9.78 Å². The molecule has 4 aliphatic carbocycles. The van der Waals surface area contributed by atoms with Crippen LogP contribution in [-0.4, -0.2) is 55.5 Å². The quantitative estimate of drug-likeness (QED) is 0.407. The summed E-state index contributed by atoms with van der Waals surface area (Å²) in [5.74, 6) is 1.10. The number of ether oxygens (including phenoxy) is 3. The third-order valence-corrected chi connectivity index (χ3v) is 9.41. The summed E-state index contributed by atoms with van der Waals surface area (Å²) in [4.78, 5) is 37.5. The standard InChI is InChI=1S/C30H36N4O6/c1-2-7-34-23-24(32-28(33-25(23)35)40-22-6-8-38-16-22)31-27(34)29-11-19-9-20(12-29)14-30(13-19,17-29)39-15-18-4-3-5-21(10-18)26(36)37/h3-5,10,19-20,22H,2,6-9,11-17H2,1H3,(H,36,37)(H,32,33,35). The van der Waals surface area contributed by atoms with Crippen molar-refractivity contribution in [1.29, 1.82) is 0 Å². The number of nitrogens with zero attached hydrogens (tertiary/aromatic N) is 3. The number of hydrogen-bond acceptors (Lipinski definition) is 7. The fourth-order valence-electron chi connectivity index (χ4n) is 8.33. The van der Waals surface area contributed by atoms with Crippen LogP contribution in [0.3, 0.4) is 0 Å². The van der Waals surface area contributed by atoms with Gasteiger partial charge in [0, 0.05) is 18.4 Å². The number of carboxylic acid groups (broad SMARTS) is 1. The molecule has 8 rings (SSSR count). The molecule has 5 fully saturated rings. The first-order valence-corrected chi connectivity index (χ1v) is 14.6. The molecule has 4 bridgehead atoms. The van der Waals surface area contributed by atoms with E-state index in [0.717, 1.165) is 56.3 Å². The summed E-state index contributed by atoms with van der Waals surface area (Å²) in [7, 11) is 0. The predicted octanol–water partition coefficient (Wildman–Crippen LogP) is 4.20. The normalized spacial score (nSPS) is 30.8. The van der Waals surface area contributed by atoms with Crippen LogP contribution in [0, 0.1) is 11.8 Å². The van der Waals surface area contributed by atoms with Crippen molar-refractivity contribution in [1.82, 2.24) is 19.5 Å². The van der Waals surface area contributed by atoms with Gasteiger partial charge >= 0.3 is 5.97 Å². The number of rotatable bonds is 9. The summed E-state index contributed by atoms with van der Waals surface area (Å²) >= 11 is 0. The molecule has 10 heteroatoms. The van der Waals surface area contributed by atoms with E-state index in [0.29, 0.717) is 49.4 Å². The van der Waals surface area contributed by atoms with Crippen molar-refractivity contribution in [2.24, 2.45) is 11.8 Å². The zero-order valence-corrected chi connectivity index (χ0v) is 22.9. The van der Waals surface area contributed by atoms with Crippen molar-refractivity contribution in [3.8, 4) is 6.01 Å². The molecule has 40 heavy (non-hydrogen) atoms. The van der Waals surface area contributed by atoms with Crippen molar-refractivity contribution in [2.75, 3.05) is 13.2 Å². The van der Waals surface area contributed by atoms with Gasteiger partial charge in [-0.2, -0.15) is 4.98 Å². The van der Waals surface area contributed by atoms with Crippen LogP contribution in [-0.2, 0) is 28.0 Å². The number of fused-ring (bicyclic) bond motifs is 1. The fourth-order valence-corrected chi connectivity index (χ4v) is 8.33. The number of carboxylic acids is 1. The van der Waals surface area contributed by atoms with Crippen LogP contribution in [0.4, 0.5) is 0 Å². The summed E-state index contributed by atoms with van der Waals surface area (Å²) in [6.45, 7) is 4.33. The minimum atomic E-state index is -0.931. The first-order chi connectivity index (χ1) is 19.4. The van der Waals surface area contributed by atoms with Crippen LogP contribution in [0.1, 0.15) is 80.0 Å². The number of carbonyl (C=O) groups is 1. The highest BCUT2D eigenvalue weighted by atomic mass is 16.6. The van der Waals surface area contributed by atoms with E-state index in [1.807, 2.05) is 6.07 Å². The van der Waals surface area contributed by atoms with Gasteiger partial charge in [0.2, 0.25) is 0 Å². The number of aromatic amines is 1. The van der Waals surface area contributed by atoms with E-state index in [1.54, 1.807) is 18.2 Å². The van der Waals surface area contributed by atoms with Gasteiger partial charge in [0.25, 0.3) is 11.6 Å². The van der Waals surface area contributed by atoms with E-state index < -0.39 is 5.97 Å². The van der Waals surface area contributed by atoms with Crippen molar-refractivity contribution in [3.63, 3.8) is 0 Å². The van der Waals surface area contributed by atoms with Crippen LogP contribution in [0.15, 0.2) is 29.1 Å². The Hall–Kier alpha value is -3.24. The summed E-state index contributed by atoms with van der Waals surface area (Å²) in [6.07, 6.45) is 7.68. The maximum absolute atomic E-state index is 13.4. The number of benzene rings is 1. The van der Waals surface area contributed by atoms with Crippen LogP contribution in [0.5, 0.6) is 6.01 Å². The number of imidazole rings is 1. The summed E-state index contributed by atoms with van der Waals surface area (Å²) in [5.41, 5.74) is 1.42. The fraction of sp³-hybridized carbons (Fsp3) is 0.600. The average molecular weight is 549 g/mol. The predicted molar refractivity (Wildman–Crippen MR) is 146 cm³/mol. The van der Waals surface area contributed by atoms with Gasteiger partial charge in [0.1, 0.15) is 11.9 Å². The number of aromatic nitrogens is 4. The minimum absolute atomic E-state index is 0.117. The third kappa shape index (κ3) is 4.41. The highest BCUT2D eigenvalue weighted by molar-refractivity contribution is 5.87. The third-order valence-electron chi connectivity index (χ3n) is 9.41. The molecule has 4 saturated carbocycles. The van der Waals surface area contributed by atoms with E-state index in [9.17, 15) is 14.7 Å². The van der Waals surface area contributed by atoms with E-state index in [2.05, 4.69) is 21.5 Å². The monoisotopic (exact) mass is 548 g/mol. The van der Waals surface area contributed by atoms with E-state index in [-0.39, 0.29) is 34.3 Å². The number of hydrogen-bond donors (Lipinski definition) is 2. The van der Waals surface area contributed by atoms with Gasteiger partial charge < -0.3 is 23.9 Å². The molecule has 2 aromatic heterocycles. The summed E-state index contributed by atoms with van der Waals surface area (Å²) in [6, 6.07) is 7.22. The zero-order valence-electron chi connectivity index (χ0n) is 22.9. The van der Waals surface area contributed by atoms with Gasteiger partial charge in [0.05, 0.1) is 31.0 Å². The molecular formula is C30H36N4O6. The molecule has 3 heterocycles. The molecule has 1 aliphatic heterocycles. The molecule has 0 amide bonds. The Balaban J connectivity index is 1.23. The van der Waals surface area contributed by atoms with Crippen molar-refractivity contribution >= 4 is 17.1 Å². The minimum Gasteiger partial charge on any atom is -0.478 e. The zero-order chi connectivity index (χ0) is 27.5. The highest BCUT2D eigenvalue weighted by Gasteiger charge is 2.60. The number of H-pyrrole nitrogens is 1. The summed E-state index contributed by atoms with van der Waals surface area (Å²) < 4.78 is 20.2. The Bertz CT molecular complexity index is 1490. The maximum atomic E-state index is 13.4. The number of aromatic carboxylic acids is 1. The second-order valence-corrected chi connectivity index (χ2v) is 12.5. The van der Waals surface area contributed by atoms with Crippen molar-refractivity contribution < 1.29 is 24.1 Å². The first kappa shape index (κ1) is 25.7. The van der Waals surface area contributed by atoms with Gasteiger partial charge in [0.15, 0.2) is 11.2 Å². The van der Waals surface area contributed by atoms with Crippen LogP contribution < -0.4 is 10.3 Å². The Labute approximate surface area is 232 Å². The SMILES string of the molecule is CCCn1c(C23CC4CC(CC(OCc5cccc(C(=O)O)c5)(C4)C2)C3)nc2nc(OC3CCOC3)[nH]c(=O)c21.